The van der Waals surface area contributed by atoms with E-state index in [0.29, 0.717) is 24.6 Å². The first-order chi connectivity index (χ1) is 17.7. The van der Waals surface area contributed by atoms with Crippen molar-refractivity contribution >= 4 is 21.6 Å². The van der Waals surface area contributed by atoms with Crippen LogP contribution in [-0.2, 0) is 21.2 Å². The van der Waals surface area contributed by atoms with Crippen LogP contribution in [0.5, 0.6) is 11.5 Å². The number of nitrogens with one attached hydrogen (secondary N) is 1. The third-order valence-corrected chi connectivity index (χ3v) is 7.38. The predicted octanol–water partition coefficient (Wildman–Crippen LogP) is 5.13. The third-order valence-electron chi connectivity index (χ3n) is 5.59. The van der Waals surface area contributed by atoms with Gasteiger partial charge in [-0.15, -0.1) is 0 Å². The molecule has 37 heavy (non-hydrogen) atoms. The molecule has 0 aromatic heterocycles. The smallest absolute Gasteiger partial charge is 0.264 e. The van der Waals surface area contributed by atoms with Crippen molar-refractivity contribution in [3.63, 3.8) is 0 Å². The van der Waals surface area contributed by atoms with Crippen LogP contribution in [0.25, 0.3) is 0 Å². The van der Waals surface area contributed by atoms with Crippen molar-refractivity contribution in [3.05, 3.63) is 83.9 Å². The summed E-state index contributed by atoms with van der Waals surface area (Å²) in [5.74, 6) is 1.09. The number of rotatable bonds is 13. The van der Waals surface area contributed by atoms with Gasteiger partial charge in [0.1, 0.15) is 18.0 Å². The average molecular weight is 525 g/mol. The van der Waals surface area contributed by atoms with Gasteiger partial charge in [-0.05, 0) is 94.6 Å². The highest BCUT2D eigenvalue weighted by Gasteiger charge is 2.27. The highest BCUT2D eigenvalue weighted by molar-refractivity contribution is 7.92. The van der Waals surface area contributed by atoms with E-state index in [9.17, 15) is 13.2 Å². The number of anilines is 1. The van der Waals surface area contributed by atoms with Crippen LogP contribution in [0.1, 0.15) is 38.3 Å². The SMILES string of the molecule is CCOc1ccc(N(CC(=O)NCCCc2ccc(OC(C)C)cc2)S(=O)(=O)c2ccc(C)cc2)cc1. The fourth-order valence-corrected chi connectivity index (χ4v) is 5.16. The maximum absolute atomic E-state index is 13.5. The van der Waals surface area contributed by atoms with Gasteiger partial charge in [0.05, 0.1) is 23.3 Å². The van der Waals surface area contributed by atoms with E-state index in [-0.39, 0.29) is 23.5 Å². The van der Waals surface area contributed by atoms with Gasteiger partial charge in [-0.25, -0.2) is 8.42 Å². The van der Waals surface area contributed by atoms with E-state index in [1.54, 1.807) is 48.5 Å². The molecule has 0 aliphatic carbocycles. The largest absolute Gasteiger partial charge is 0.494 e. The minimum absolute atomic E-state index is 0.123. The second kappa shape index (κ2) is 13.1. The van der Waals surface area contributed by atoms with Crippen LogP contribution in [0.2, 0.25) is 0 Å². The summed E-state index contributed by atoms with van der Waals surface area (Å²) in [7, 11) is -3.96. The Morgan fingerprint density at radius 3 is 2.14 bits per heavy atom. The van der Waals surface area contributed by atoms with Crippen LogP contribution in [0, 0.1) is 6.92 Å². The molecule has 0 aliphatic rings. The van der Waals surface area contributed by atoms with Gasteiger partial charge in [-0.2, -0.15) is 0 Å². The Morgan fingerprint density at radius 2 is 1.54 bits per heavy atom. The van der Waals surface area contributed by atoms with Crippen LogP contribution in [-0.4, -0.2) is 40.1 Å². The van der Waals surface area contributed by atoms with Gasteiger partial charge in [0.15, 0.2) is 0 Å². The van der Waals surface area contributed by atoms with Gasteiger partial charge < -0.3 is 14.8 Å². The van der Waals surface area contributed by atoms with E-state index in [2.05, 4.69) is 5.32 Å². The molecule has 3 rings (SSSR count). The molecule has 0 radical (unpaired) electrons. The average Bonchev–Trinajstić information content (AvgIpc) is 2.87. The Balaban J connectivity index is 1.65. The summed E-state index contributed by atoms with van der Waals surface area (Å²) in [6.45, 7) is 8.35. The molecule has 8 heteroatoms. The molecule has 198 valence electrons. The van der Waals surface area contributed by atoms with Gasteiger partial charge in [0.25, 0.3) is 10.0 Å². The molecule has 0 atom stereocenters. The van der Waals surface area contributed by atoms with Gasteiger partial charge >= 0.3 is 0 Å². The molecule has 3 aromatic rings. The highest BCUT2D eigenvalue weighted by Crippen LogP contribution is 2.26. The fraction of sp³-hybridized carbons (Fsp3) is 0.345. The van der Waals surface area contributed by atoms with Crippen LogP contribution >= 0.6 is 0 Å². The third kappa shape index (κ3) is 8.25. The van der Waals surface area contributed by atoms with E-state index in [1.807, 2.05) is 52.0 Å². The van der Waals surface area contributed by atoms with Crippen LogP contribution in [0.4, 0.5) is 5.69 Å². The van der Waals surface area contributed by atoms with Gasteiger partial charge in [-0.1, -0.05) is 29.8 Å². The molecule has 0 heterocycles. The van der Waals surface area contributed by atoms with Gasteiger partial charge in [0.2, 0.25) is 5.91 Å². The summed E-state index contributed by atoms with van der Waals surface area (Å²) < 4.78 is 39.3. The van der Waals surface area contributed by atoms with Gasteiger partial charge in [0, 0.05) is 6.54 Å². The quantitative estimate of drug-likeness (QED) is 0.314. The number of aryl methyl sites for hydroxylation is 2. The Labute approximate surface area is 220 Å². The molecular formula is C29H36N2O5S. The van der Waals surface area contributed by atoms with Crippen molar-refractivity contribution < 1.29 is 22.7 Å². The van der Waals surface area contributed by atoms with Crippen molar-refractivity contribution in [2.75, 3.05) is 24.0 Å². The minimum atomic E-state index is -3.96. The lowest BCUT2D eigenvalue weighted by molar-refractivity contribution is -0.119. The zero-order valence-corrected chi connectivity index (χ0v) is 22.8. The van der Waals surface area contributed by atoms with E-state index >= 15 is 0 Å². The number of amides is 1. The molecule has 0 saturated heterocycles. The molecule has 0 spiro atoms. The Hall–Kier alpha value is -3.52. The molecule has 7 nitrogen and oxygen atoms in total. The van der Waals surface area contributed by atoms with Crippen LogP contribution in [0.15, 0.2) is 77.7 Å². The number of benzene rings is 3. The lowest BCUT2D eigenvalue weighted by Gasteiger charge is -2.24. The number of carbonyl (C=O) groups excluding carboxylic acids is 1. The normalized spacial score (nSPS) is 11.3. The Morgan fingerprint density at radius 1 is 0.919 bits per heavy atom. The number of sulfonamides is 1. The number of hydrogen-bond acceptors (Lipinski definition) is 5. The number of ether oxygens (including phenoxy) is 2. The zero-order valence-electron chi connectivity index (χ0n) is 21.9. The molecule has 1 N–H and O–H groups in total. The van der Waals surface area contributed by atoms with E-state index in [0.717, 1.165) is 34.0 Å². The summed E-state index contributed by atoms with van der Waals surface area (Å²) >= 11 is 0. The second-order valence-corrected chi connectivity index (χ2v) is 10.9. The topological polar surface area (TPSA) is 84.9 Å². The predicted molar refractivity (Wildman–Crippen MR) is 147 cm³/mol. The van der Waals surface area contributed by atoms with Crippen molar-refractivity contribution in [1.29, 1.82) is 0 Å². The lowest BCUT2D eigenvalue weighted by Crippen LogP contribution is -2.41. The second-order valence-electron chi connectivity index (χ2n) is 9.02. The summed E-state index contributed by atoms with van der Waals surface area (Å²) in [6, 6.07) is 21.2. The summed E-state index contributed by atoms with van der Waals surface area (Å²) in [4.78, 5) is 13.0. The maximum Gasteiger partial charge on any atom is 0.264 e. The van der Waals surface area contributed by atoms with E-state index in [1.165, 1.54) is 0 Å². The minimum Gasteiger partial charge on any atom is -0.494 e. The fourth-order valence-electron chi connectivity index (χ4n) is 3.74. The molecule has 0 saturated carbocycles. The van der Waals surface area contributed by atoms with E-state index in [4.69, 9.17) is 9.47 Å². The van der Waals surface area contributed by atoms with Crippen molar-refractivity contribution in [1.82, 2.24) is 5.32 Å². The first-order valence-corrected chi connectivity index (χ1v) is 14.0. The van der Waals surface area contributed by atoms with Crippen molar-refractivity contribution in [3.8, 4) is 11.5 Å². The zero-order chi connectivity index (χ0) is 26.8. The molecule has 3 aromatic carbocycles. The Bertz CT molecular complexity index is 1240. The van der Waals surface area contributed by atoms with Gasteiger partial charge in [-0.3, -0.25) is 9.10 Å². The number of carbonyl (C=O) groups is 1. The van der Waals surface area contributed by atoms with Crippen molar-refractivity contribution in [2.24, 2.45) is 0 Å². The summed E-state index contributed by atoms with van der Waals surface area (Å²) in [5, 5.41) is 2.86. The highest BCUT2D eigenvalue weighted by atomic mass is 32.2. The number of nitrogens with zero attached hydrogens (tertiary/aromatic N) is 1. The molecule has 0 fully saturated rings. The summed E-state index contributed by atoms with van der Waals surface area (Å²) in [5.41, 5.74) is 2.48. The number of hydrogen-bond donors (Lipinski definition) is 1. The molecule has 0 unspecified atom stereocenters. The maximum atomic E-state index is 13.5. The first-order valence-electron chi connectivity index (χ1n) is 12.5. The van der Waals surface area contributed by atoms with Crippen LogP contribution < -0.4 is 19.1 Å². The van der Waals surface area contributed by atoms with E-state index < -0.39 is 10.0 Å². The lowest BCUT2D eigenvalue weighted by atomic mass is 10.1. The van der Waals surface area contributed by atoms with Crippen molar-refractivity contribution in [2.45, 2.75) is 51.5 Å². The Kier molecular flexibility index (Phi) is 9.97. The molecule has 0 aliphatic heterocycles. The first kappa shape index (κ1) is 28.1. The summed E-state index contributed by atoms with van der Waals surface area (Å²) in [6.07, 6.45) is 1.63. The monoisotopic (exact) mass is 524 g/mol. The van der Waals surface area contributed by atoms with Crippen LogP contribution in [0.3, 0.4) is 0 Å². The standard InChI is InChI=1S/C29H36N2O5S/c1-5-35-26-16-12-25(13-17-26)31(37(33,34)28-18-8-23(4)9-19-28)21-29(32)30-20-6-7-24-10-14-27(15-11-24)36-22(2)3/h8-19,22H,5-7,20-21H2,1-4H3,(H,30,32). The molecular weight excluding hydrogens is 488 g/mol. The molecule has 1 amide bonds. The molecule has 0 bridgehead atoms.